The topological polar surface area (TPSA) is 27.6 Å². The van der Waals surface area contributed by atoms with E-state index in [-0.39, 0.29) is 0 Å². The monoisotopic (exact) mass is 243 g/mol. The molecule has 0 saturated carbocycles. The van der Waals surface area contributed by atoms with Gasteiger partial charge >= 0.3 is 0 Å². The first kappa shape index (κ1) is 13.8. The van der Waals surface area contributed by atoms with E-state index in [4.69, 9.17) is 0 Å². The molecule has 1 unspecified atom stereocenters. The van der Waals surface area contributed by atoms with Gasteiger partial charge in [-0.15, -0.1) is 0 Å². The molecule has 1 N–H and O–H groups in total. The van der Waals surface area contributed by atoms with Crippen molar-refractivity contribution in [2.75, 3.05) is 33.7 Å². The van der Waals surface area contributed by atoms with Crippen LogP contribution in [0.15, 0.2) is 4.99 Å². The van der Waals surface area contributed by atoms with Crippen LogP contribution < -0.4 is 5.32 Å². The number of thioether (sulfide) groups is 1. The lowest BCUT2D eigenvalue weighted by molar-refractivity contribution is 0.394. The molecule has 94 valence electrons. The summed E-state index contributed by atoms with van der Waals surface area (Å²) < 4.78 is 0. The first-order valence-corrected chi connectivity index (χ1v) is 7.20. The van der Waals surface area contributed by atoms with E-state index in [9.17, 15) is 0 Å². The first-order valence-electron chi connectivity index (χ1n) is 6.32. The lowest BCUT2D eigenvalue weighted by Gasteiger charge is -2.10. The van der Waals surface area contributed by atoms with E-state index >= 15 is 0 Å². The van der Waals surface area contributed by atoms with E-state index in [0.717, 1.165) is 18.3 Å². The summed E-state index contributed by atoms with van der Waals surface area (Å²) in [4.78, 5) is 6.76. The van der Waals surface area contributed by atoms with Crippen LogP contribution in [0, 0.1) is 0 Å². The molecule has 0 aliphatic carbocycles. The standard InChI is InChI=1S/C12H25N3S/c1-4-7-11-10-14-12(16-11)13-8-5-6-9-15(2)3/h11H,4-10H2,1-3H3,(H,13,14). The molecule has 0 bridgehead atoms. The second-order valence-corrected chi connectivity index (χ2v) is 5.90. The highest BCUT2D eigenvalue weighted by Gasteiger charge is 2.17. The molecule has 0 saturated heterocycles. The predicted octanol–water partition coefficient (Wildman–Crippen LogP) is 2.19. The maximum absolute atomic E-state index is 4.53. The maximum Gasteiger partial charge on any atom is 0.156 e. The number of hydrogen-bond acceptors (Lipinski definition) is 4. The minimum atomic E-state index is 0.731. The maximum atomic E-state index is 4.53. The Morgan fingerprint density at radius 3 is 2.94 bits per heavy atom. The summed E-state index contributed by atoms with van der Waals surface area (Å²) in [6.45, 7) is 5.50. The van der Waals surface area contributed by atoms with E-state index in [0.29, 0.717) is 0 Å². The van der Waals surface area contributed by atoms with Crippen molar-refractivity contribution in [2.45, 2.75) is 37.9 Å². The van der Waals surface area contributed by atoms with Crippen molar-refractivity contribution in [3.05, 3.63) is 0 Å². The van der Waals surface area contributed by atoms with Crippen LogP contribution in [0.25, 0.3) is 0 Å². The van der Waals surface area contributed by atoms with Gasteiger partial charge < -0.3 is 10.2 Å². The number of amidine groups is 1. The molecule has 1 atom stereocenters. The third-order valence-corrected chi connectivity index (χ3v) is 3.85. The Morgan fingerprint density at radius 1 is 1.44 bits per heavy atom. The van der Waals surface area contributed by atoms with Gasteiger partial charge in [0.15, 0.2) is 5.17 Å². The molecule has 0 fully saturated rings. The molecule has 0 aromatic heterocycles. The molecule has 0 spiro atoms. The summed E-state index contributed by atoms with van der Waals surface area (Å²) in [6.07, 6.45) is 5.05. The van der Waals surface area contributed by atoms with Crippen LogP contribution in [-0.2, 0) is 0 Å². The highest BCUT2D eigenvalue weighted by Crippen LogP contribution is 2.23. The second-order valence-electron chi connectivity index (χ2n) is 4.61. The SMILES string of the molecule is CCCC1CN=C(NCCCCN(C)C)S1. The van der Waals surface area contributed by atoms with E-state index < -0.39 is 0 Å². The zero-order valence-corrected chi connectivity index (χ0v) is 11.6. The van der Waals surface area contributed by atoms with Crippen molar-refractivity contribution < 1.29 is 0 Å². The summed E-state index contributed by atoms with van der Waals surface area (Å²) in [5, 5.41) is 5.34. The fraction of sp³-hybridized carbons (Fsp3) is 0.917. The van der Waals surface area contributed by atoms with Crippen LogP contribution in [0.2, 0.25) is 0 Å². The van der Waals surface area contributed by atoms with Gasteiger partial charge in [-0.2, -0.15) is 0 Å². The zero-order chi connectivity index (χ0) is 11.8. The van der Waals surface area contributed by atoms with Crippen molar-refractivity contribution in [1.82, 2.24) is 10.2 Å². The van der Waals surface area contributed by atoms with Gasteiger partial charge in [0.25, 0.3) is 0 Å². The molecular weight excluding hydrogens is 218 g/mol. The lowest BCUT2D eigenvalue weighted by atomic mass is 10.2. The van der Waals surface area contributed by atoms with Crippen molar-refractivity contribution in [3.63, 3.8) is 0 Å². The summed E-state index contributed by atoms with van der Waals surface area (Å²) in [6, 6.07) is 0. The first-order chi connectivity index (χ1) is 7.72. The van der Waals surface area contributed by atoms with Gasteiger partial charge in [-0.05, 0) is 39.9 Å². The fourth-order valence-corrected chi connectivity index (χ4v) is 2.89. The molecule has 16 heavy (non-hydrogen) atoms. The van der Waals surface area contributed by atoms with Gasteiger partial charge in [0.1, 0.15) is 0 Å². The highest BCUT2D eigenvalue weighted by atomic mass is 32.2. The Hall–Kier alpha value is -0.220. The molecule has 1 aliphatic heterocycles. The Balaban J connectivity index is 1.98. The second kappa shape index (κ2) is 7.96. The number of unbranched alkanes of at least 4 members (excludes halogenated alkanes) is 1. The summed E-state index contributed by atoms with van der Waals surface area (Å²) in [7, 11) is 4.25. The van der Waals surface area contributed by atoms with E-state index in [1.807, 2.05) is 11.8 Å². The van der Waals surface area contributed by atoms with Crippen LogP contribution in [0.4, 0.5) is 0 Å². The smallest absolute Gasteiger partial charge is 0.156 e. The molecule has 0 aromatic rings. The van der Waals surface area contributed by atoms with Gasteiger partial charge in [0, 0.05) is 11.8 Å². The molecule has 3 nitrogen and oxygen atoms in total. The zero-order valence-electron chi connectivity index (χ0n) is 10.8. The average molecular weight is 243 g/mol. The van der Waals surface area contributed by atoms with Crippen LogP contribution in [0.1, 0.15) is 32.6 Å². The van der Waals surface area contributed by atoms with Crippen molar-refractivity contribution in [3.8, 4) is 0 Å². The van der Waals surface area contributed by atoms with E-state index in [1.165, 1.54) is 37.4 Å². The summed E-state index contributed by atoms with van der Waals surface area (Å²) >= 11 is 1.93. The molecule has 1 rings (SSSR count). The summed E-state index contributed by atoms with van der Waals surface area (Å²) in [5.74, 6) is 0. The average Bonchev–Trinajstić information content (AvgIpc) is 2.65. The van der Waals surface area contributed by atoms with Crippen molar-refractivity contribution in [2.24, 2.45) is 4.99 Å². The minimum Gasteiger partial charge on any atom is -0.365 e. The van der Waals surface area contributed by atoms with E-state index in [1.54, 1.807) is 0 Å². The Kier molecular flexibility index (Phi) is 6.88. The Morgan fingerprint density at radius 2 is 2.25 bits per heavy atom. The normalized spacial score (nSPS) is 20.2. The summed E-state index contributed by atoms with van der Waals surface area (Å²) in [5.41, 5.74) is 0. The molecule has 1 heterocycles. The predicted molar refractivity (Wildman–Crippen MR) is 74.4 cm³/mol. The number of rotatable bonds is 7. The quantitative estimate of drug-likeness (QED) is 0.695. The lowest BCUT2D eigenvalue weighted by Crippen LogP contribution is -2.22. The molecule has 1 aliphatic rings. The fourth-order valence-electron chi connectivity index (χ4n) is 1.74. The van der Waals surface area contributed by atoms with E-state index in [2.05, 4.69) is 36.2 Å². The van der Waals surface area contributed by atoms with Gasteiger partial charge in [-0.25, -0.2) is 0 Å². The van der Waals surface area contributed by atoms with Crippen molar-refractivity contribution in [1.29, 1.82) is 0 Å². The highest BCUT2D eigenvalue weighted by molar-refractivity contribution is 8.14. The van der Waals surface area contributed by atoms with Crippen LogP contribution in [0.5, 0.6) is 0 Å². The molecule has 0 amide bonds. The third-order valence-electron chi connectivity index (χ3n) is 2.64. The molecule has 0 aromatic carbocycles. The van der Waals surface area contributed by atoms with Gasteiger partial charge in [0.05, 0.1) is 6.54 Å². The van der Waals surface area contributed by atoms with Gasteiger partial charge in [0.2, 0.25) is 0 Å². The molecule has 4 heteroatoms. The molecular formula is C12H25N3S. The van der Waals surface area contributed by atoms with Gasteiger partial charge in [-0.3, -0.25) is 4.99 Å². The van der Waals surface area contributed by atoms with Crippen molar-refractivity contribution >= 4 is 16.9 Å². The van der Waals surface area contributed by atoms with Crippen LogP contribution in [-0.4, -0.2) is 49.0 Å². The Labute approximate surface area is 104 Å². The Bertz CT molecular complexity index is 216. The number of aliphatic imine (C=N–C) groups is 1. The van der Waals surface area contributed by atoms with Crippen LogP contribution in [0.3, 0.4) is 0 Å². The molecule has 0 radical (unpaired) electrons. The minimum absolute atomic E-state index is 0.731. The van der Waals surface area contributed by atoms with Crippen LogP contribution >= 0.6 is 11.8 Å². The number of hydrogen-bond donors (Lipinski definition) is 1. The number of nitrogens with zero attached hydrogens (tertiary/aromatic N) is 2. The third kappa shape index (κ3) is 5.75. The van der Waals surface area contributed by atoms with Gasteiger partial charge in [-0.1, -0.05) is 25.1 Å². The largest absolute Gasteiger partial charge is 0.365 e. The number of nitrogens with one attached hydrogen (secondary N) is 1.